The first kappa shape index (κ1) is 27.7. The molecule has 8 nitrogen and oxygen atoms in total. The van der Waals surface area contributed by atoms with Gasteiger partial charge in [0.15, 0.2) is 5.82 Å². The van der Waals surface area contributed by atoms with Crippen LogP contribution in [0.2, 0.25) is 0 Å². The summed E-state index contributed by atoms with van der Waals surface area (Å²) >= 11 is 5.77. The van der Waals surface area contributed by atoms with Gasteiger partial charge in [-0.3, -0.25) is 18.9 Å². The zero-order chi connectivity index (χ0) is 28.1. The van der Waals surface area contributed by atoms with Crippen molar-refractivity contribution in [1.29, 1.82) is 0 Å². The van der Waals surface area contributed by atoms with Gasteiger partial charge in [0.2, 0.25) is 0 Å². The number of likely N-dealkylation sites (tertiary alicyclic amines) is 1. The molecule has 1 fully saturated rings. The van der Waals surface area contributed by atoms with E-state index in [0.717, 1.165) is 89.5 Å². The first-order chi connectivity index (χ1) is 19.5. The molecule has 1 N–H and O–H groups in total. The molecular formula is C31H35N5O3S. The zero-order valence-electron chi connectivity index (χ0n) is 23.1. The molecule has 0 bridgehead atoms. The molecule has 4 aromatic rings. The van der Waals surface area contributed by atoms with Crippen LogP contribution in [0.4, 0.5) is 0 Å². The second kappa shape index (κ2) is 12.6. The van der Waals surface area contributed by atoms with Crippen molar-refractivity contribution in [3.63, 3.8) is 0 Å². The summed E-state index contributed by atoms with van der Waals surface area (Å²) in [4.78, 5) is 36.2. The molecule has 1 saturated heterocycles. The Hall–Kier alpha value is -3.85. The van der Waals surface area contributed by atoms with Gasteiger partial charge >= 0.3 is 5.76 Å². The summed E-state index contributed by atoms with van der Waals surface area (Å²) in [7, 11) is 0. The van der Waals surface area contributed by atoms with Gasteiger partial charge in [0, 0.05) is 37.1 Å². The highest BCUT2D eigenvalue weighted by Gasteiger charge is 2.21. The highest BCUT2D eigenvalue weighted by atomic mass is 32.1. The minimum absolute atomic E-state index is 0.0175. The molecular weight excluding hydrogens is 522 g/mol. The van der Waals surface area contributed by atoms with Crippen LogP contribution in [0.1, 0.15) is 62.2 Å². The van der Waals surface area contributed by atoms with Gasteiger partial charge in [-0.1, -0.05) is 86.2 Å². The predicted octanol–water partition coefficient (Wildman–Crippen LogP) is 5.17. The van der Waals surface area contributed by atoms with E-state index in [4.69, 9.17) is 21.7 Å². The number of thiocarbonyl (C=S) groups is 1. The Morgan fingerprint density at radius 3 is 2.40 bits per heavy atom. The lowest BCUT2D eigenvalue weighted by molar-refractivity contribution is 0.388. The van der Waals surface area contributed by atoms with Gasteiger partial charge in [-0.2, -0.15) is 0 Å². The topological polar surface area (TPSA) is 97.0 Å². The molecule has 0 spiro atoms. The van der Waals surface area contributed by atoms with Gasteiger partial charge in [0.25, 0.3) is 5.56 Å². The molecule has 0 unspecified atom stereocenters. The minimum Gasteiger partial charge on any atom is -0.366 e. The number of benzene rings is 2. The van der Waals surface area contributed by atoms with Crippen molar-refractivity contribution in [2.45, 2.75) is 65.3 Å². The molecule has 0 aliphatic carbocycles. The number of H-pyrrole nitrogens is 1. The number of rotatable bonds is 10. The van der Waals surface area contributed by atoms with Crippen LogP contribution in [0.15, 0.2) is 62.6 Å². The maximum absolute atomic E-state index is 14.0. The second-order valence-electron chi connectivity index (χ2n) is 10.3. The van der Waals surface area contributed by atoms with Crippen molar-refractivity contribution in [3.05, 3.63) is 92.1 Å². The van der Waals surface area contributed by atoms with Crippen molar-refractivity contribution in [2.24, 2.45) is 0 Å². The first-order valence-electron chi connectivity index (χ1n) is 14.1. The molecule has 0 saturated carbocycles. The van der Waals surface area contributed by atoms with E-state index in [-0.39, 0.29) is 5.56 Å². The molecule has 2 aromatic carbocycles. The molecule has 0 atom stereocenters. The summed E-state index contributed by atoms with van der Waals surface area (Å²) in [6.45, 7) is 6.59. The van der Waals surface area contributed by atoms with E-state index in [1.54, 1.807) is 0 Å². The van der Waals surface area contributed by atoms with Crippen molar-refractivity contribution in [3.8, 4) is 22.5 Å². The van der Waals surface area contributed by atoms with E-state index < -0.39 is 5.76 Å². The number of nitrogens with zero attached hydrogens (tertiary/aromatic N) is 4. The molecule has 5 rings (SSSR count). The van der Waals surface area contributed by atoms with Gasteiger partial charge in [-0.15, -0.1) is 0 Å². The SMILES string of the molecule is CCCCc1nc(CC)c(CC(=S)N2CCCC2)c(=O)n1Cc1ccc(-c2ccccc2-c2noc(=O)[nH]2)cc1. The number of unbranched alkanes of at least 4 members (excludes halogenated alkanes) is 1. The lowest BCUT2D eigenvalue weighted by Gasteiger charge is -2.21. The Kier molecular flexibility index (Phi) is 8.69. The maximum atomic E-state index is 14.0. The Bertz CT molecular complexity index is 1600. The third-order valence-electron chi connectivity index (χ3n) is 7.53. The molecule has 0 amide bonds. The Morgan fingerprint density at radius 1 is 1.02 bits per heavy atom. The maximum Gasteiger partial charge on any atom is 0.439 e. The lowest BCUT2D eigenvalue weighted by atomic mass is 9.98. The predicted molar refractivity (Wildman–Crippen MR) is 161 cm³/mol. The molecule has 1 aliphatic rings. The molecule has 1 aliphatic heterocycles. The average molecular weight is 558 g/mol. The van der Waals surface area contributed by atoms with Crippen molar-refractivity contribution in [1.82, 2.24) is 24.6 Å². The summed E-state index contributed by atoms with van der Waals surface area (Å²) in [6, 6.07) is 15.8. The lowest BCUT2D eigenvalue weighted by Crippen LogP contribution is -2.35. The van der Waals surface area contributed by atoms with Crippen LogP contribution in [-0.2, 0) is 25.8 Å². The van der Waals surface area contributed by atoms with E-state index >= 15 is 0 Å². The normalized spacial score (nSPS) is 13.2. The van der Waals surface area contributed by atoms with Crippen LogP contribution in [0.25, 0.3) is 22.5 Å². The third-order valence-corrected chi connectivity index (χ3v) is 7.93. The van der Waals surface area contributed by atoms with Crippen LogP contribution in [-0.4, -0.2) is 42.7 Å². The summed E-state index contributed by atoms with van der Waals surface area (Å²) in [6.07, 6.45) is 6.24. The van der Waals surface area contributed by atoms with Crippen LogP contribution in [0, 0.1) is 0 Å². The highest BCUT2D eigenvalue weighted by molar-refractivity contribution is 7.80. The fourth-order valence-corrected chi connectivity index (χ4v) is 5.66. The van der Waals surface area contributed by atoms with Crippen molar-refractivity contribution < 1.29 is 4.52 Å². The standard InChI is InChI=1S/C31H35N5O3S/c1-3-5-12-27-32-26(4-2)25(19-28(40)35-17-8-9-18-35)30(37)36(27)20-21-13-15-22(16-14-21)23-10-6-7-11-24(23)29-33-31(38)39-34-29/h6-7,10-11,13-16H,3-5,8-9,12,17-20H2,1-2H3,(H,33,34,38). The number of hydrogen-bond donors (Lipinski definition) is 1. The van der Waals surface area contributed by atoms with Gasteiger partial charge in [0.05, 0.1) is 17.2 Å². The number of hydrogen-bond acceptors (Lipinski definition) is 6. The molecule has 9 heteroatoms. The molecule has 208 valence electrons. The van der Waals surface area contributed by atoms with Crippen LogP contribution >= 0.6 is 12.2 Å². The number of aromatic amines is 1. The van der Waals surface area contributed by atoms with Crippen molar-refractivity contribution in [2.75, 3.05) is 13.1 Å². The average Bonchev–Trinajstić information content (AvgIpc) is 3.67. The summed E-state index contributed by atoms with van der Waals surface area (Å²) < 4.78 is 6.56. The first-order valence-corrected chi connectivity index (χ1v) is 14.5. The van der Waals surface area contributed by atoms with E-state index in [0.29, 0.717) is 25.2 Å². The quantitative estimate of drug-likeness (QED) is 0.269. The Morgan fingerprint density at radius 2 is 1.75 bits per heavy atom. The van der Waals surface area contributed by atoms with Crippen LogP contribution < -0.4 is 11.3 Å². The van der Waals surface area contributed by atoms with E-state index in [1.807, 2.05) is 53.1 Å². The highest BCUT2D eigenvalue weighted by Crippen LogP contribution is 2.30. The molecule has 40 heavy (non-hydrogen) atoms. The largest absolute Gasteiger partial charge is 0.439 e. The second-order valence-corrected chi connectivity index (χ2v) is 10.7. The molecule has 0 radical (unpaired) electrons. The summed E-state index contributed by atoms with van der Waals surface area (Å²) in [5.41, 5.74) is 5.29. The van der Waals surface area contributed by atoms with E-state index in [2.05, 4.69) is 28.9 Å². The zero-order valence-corrected chi connectivity index (χ0v) is 23.9. The Labute approximate surface area is 239 Å². The third kappa shape index (κ3) is 5.99. The van der Waals surface area contributed by atoms with Crippen LogP contribution in [0.5, 0.6) is 0 Å². The Balaban J connectivity index is 1.47. The fourth-order valence-electron chi connectivity index (χ4n) is 5.34. The summed E-state index contributed by atoms with van der Waals surface area (Å²) in [5, 5.41) is 3.86. The molecule has 2 aromatic heterocycles. The van der Waals surface area contributed by atoms with Crippen LogP contribution in [0.3, 0.4) is 0 Å². The molecule has 3 heterocycles. The number of aromatic nitrogens is 4. The van der Waals surface area contributed by atoms with Crippen molar-refractivity contribution >= 4 is 17.2 Å². The number of nitrogens with one attached hydrogen (secondary N) is 1. The monoisotopic (exact) mass is 557 g/mol. The number of aryl methyl sites for hydroxylation is 2. The van der Waals surface area contributed by atoms with Gasteiger partial charge in [0.1, 0.15) is 5.82 Å². The smallest absolute Gasteiger partial charge is 0.366 e. The van der Waals surface area contributed by atoms with E-state index in [1.165, 1.54) is 0 Å². The van der Waals surface area contributed by atoms with Gasteiger partial charge in [-0.05, 0) is 42.4 Å². The van der Waals surface area contributed by atoms with Gasteiger partial charge in [-0.25, -0.2) is 9.78 Å². The summed E-state index contributed by atoms with van der Waals surface area (Å²) in [5.74, 6) is 0.634. The van der Waals surface area contributed by atoms with E-state index in [9.17, 15) is 9.59 Å². The fraction of sp³-hybridized carbons (Fsp3) is 0.387. The minimum atomic E-state index is -0.590. The van der Waals surface area contributed by atoms with Gasteiger partial charge < -0.3 is 4.90 Å².